The van der Waals surface area contributed by atoms with E-state index < -0.39 is 23.8 Å². The summed E-state index contributed by atoms with van der Waals surface area (Å²) in [5.41, 5.74) is 2.44. The fraction of sp³-hybridized carbons (Fsp3) is 0.107. The van der Waals surface area contributed by atoms with Gasteiger partial charge in [-0.3, -0.25) is 14.2 Å². The summed E-state index contributed by atoms with van der Waals surface area (Å²) in [6.45, 7) is -0.533. The third-order valence-corrected chi connectivity index (χ3v) is 5.95. The SMILES string of the molecule is Cn1cc(Cn2c(=O)n(CC(=O)O)c(=O)c3cc(C#Cc4ccccc4)ccc32)c2ccccc21. The molecule has 5 rings (SSSR count). The Bertz CT molecular complexity index is 1780. The monoisotopic (exact) mass is 463 g/mol. The van der Waals surface area contributed by atoms with Crippen LogP contribution in [0.15, 0.2) is 88.6 Å². The third-order valence-electron chi connectivity index (χ3n) is 5.95. The number of benzene rings is 3. The smallest absolute Gasteiger partial charge is 0.332 e. The van der Waals surface area contributed by atoms with Crippen LogP contribution in [-0.4, -0.2) is 24.8 Å². The Morgan fingerprint density at radius 3 is 2.31 bits per heavy atom. The van der Waals surface area contributed by atoms with Crippen molar-refractivity contribution in [3.05, 3.63) is 117 Å². The van der Waals surface area contributed by atoms with Crippen LogP contribution in [0.4, 0.5) is 0 Å². The maximum absolute atomic E-state index is 13.3. The van der Waals surface area contributed by atoms with Gasteiger partial charge in [-0.25, -0.2) is 9.36 Å². The van der Waals surface area contributed by atoms with Crippen LogP contribution in [-0.2, 0) is 24.9 Å². The summed E-state index contributed by atoms with van der Waals surface area (Å²) in [6.07, 6.45) is 1.94. The van der Waals surface area contributed by atoms with E-state index in [-0.39, 0.29) is 11.9 Å². The first-order valence-corrected chi connectivity index (χ1v) is 11.0. The van der Waals surface area contributed by atoms with Crippen molar-refractivity contribution in [2.45, 2.75) is 13.1 Å². The number of aromatic nitrogens is 3. The van der Waals surface area contributed by atoms with Crippen LogP contribution < -0.4 is 11.2 Å². The molecule has 0 saturated carbocycles. The molecule has 0 fully saturated rings. The molecule has 0 aliphatic heterocycles. The van der Waals surface area contributed by atoms with Gasteiger partial charge in [0.25, 0.3) is 5.56 Å². The lowest BCUT2D eigenvalue weighted by Gasteiger charge is -2.13. The van der Waals surface area contributed by atoms with Gasteiger partial charge in [0.2, 0.25) is 0 Å². The van der Waals surface area contributed by atoms with Crippen molar-refractivity contribution >= 4 is 27.8 Å². The van der Waals surface area contributed by atoms with E-state index in [4.69, 9.17) is 0 Å². The average molecular weight is 463 g/mol. The largest absolute Gasteiger partial charge is 0.480 e. The second kappa shape index (κ2) is 8.84. The molecule has 0 radical (unpaired) electrons. The molecule has 0 saturated heterocycles. The van der Waals surface area contributed by atoms with Crippen LogP contribution in [0.3, 0.4) is 0 Å². The van der Waals surface area contributed by atoms with Crippen molar-refractivity contribution in [3.8, 4) is 11.8 Å². The highest BCUT2D eigenvalue weighted by Crippen LogP contribution is 2.22. The zero-order chi connectivity index (χ0) is 24.5. The molecule has 0 aliphatic rings. The van der Waals surface area contributed by atoms with E-state index in [1.54, 1.807) is 18.2 Å². The second-order valence-corrected chi connectivity index (χ2v) is 8.28. The van der Waals surface area contributed by atoms with E-state index in [0.29, 0.717) is 11.1 Å². The normalized spacial score (nSPS) is 10.9. The molecular formula is C28H21N3O4. The first kappa shape index (κ1) is 22.0. The molecule has 0 amide bonds. The molecule has 0 unspecified atom stereocenters. The van der Waals surface area contributed by atoms with Crippen LogP contribution in [0.5, 0.6) is 0 Å². The molecule has 7 nitrogen and oxygen atoms in total. The number of hydrogen-bond donors (Lipinski definition) is 1. The molecule has 2 aromatic heterocycles. The van der Waals surface area contributed by atoms with Gasteiger partial charge in [0.1, 0.15) is 6.54 Å². The minimum absolute atomic E-state index is 0.186. The molecule has 7 heteroatoms. The molecule has 3 aromatic carbocycles. The van der Waals surface area contributed by atoms with Gasteiger partial charge in [-0.1, -0.05) is 48.2 Å². The summed E-state index contributed by atoms with van der Waals surface area (Å²) in [5.74, 6) is 4.84. The van der Waals surface area contributed by atoms with Gasteiger partial charge in [0, 0.05) is 35.3 Å². The van der Waals surface area contributed by atoms with Gasteiger partial charge in [-0.2, -0.15) is 0 Å². The quantitative estimate of drug-likeness (QED) is 0.415. The Morgan fingerprint density at radius 2 is 1.54 bits per heavy atom. The molecule has 5 aromatic rings. The highest BCUT2D eigenvalue weighted by Gasteiger charge is 2.17. The average Bonchev–Trinajstić information content (AvgIpc) is 3.19. The topological polar surface area (TPSA) is 86.2 Å². The first-order valence-electron chi connectivity index (χ1n) is 11.0. The van der Waals surface area contributed by atoms with Crippen LogP contribution in [0.2, 0.25) is 0 Å². The lowest BCUT2D eigenvalue weighted by atomic mass is 10.1. The minimum atomic E-state index is -1.26. The van der Waals surface area contributed by atoms with E-state index in [9.17, 15) is 19.5 Å². The number of rotatable bonds is 4. The van der Waals surface area contributed by atoms with Gasteiger partial charge in [-0.05, 0) is 42.0 Å². The Hall–Kier alpha value is -4.83. The van der Waals surface area contributed by atoms with Gasteiger partial charge < -0.3 is 9.67 Å². The van der Waals surface area contributed by atoms with E-state index in [2.05, 4.69) is 11.8 Å². The van der Waals surface area contributed by atoms with Crippen molar-refractivity contribution in [2.75, 3.05) is 0 Å². The predicted octanol–water partition coefficient (Wildman–Crippen LogP) is 3.19. The zero-order valence-electron chi connectivity index (χ0n) is 18.9. The van der Waals surface area contributed by atoms with E-state index in [1.807, 2.05) is 72.4 Å². The molecule has 1 N–H and O–H groups in total. The van der Waals surface area contributed by atoms with Crippen molar-refractivity contribution in [2.24, 2.45) is 7.05 Å². The molecule has 2 heterocycles. The number of nitrogens with zero attached hydrogens (tertiary/aromatic N) is 3. The van der Waals surface area contributed by atoms with Crippen LogP contribution >= 0.6 is 0 Å². The minimum Gasteiger partial charge on any atom is -0.480 e. The highest BCUT2D eigenvalue weighted by molar-refractivity contribution is 5.85. The standard InChI is InChI=1S/C28H21N3O4/c1-29-16-21(22-9-5-6-10-24(22)29)17-30-25-14-13-20(12-11-19-7-3-2-4-8-19)15-23(25)27(34)31(28(30)35)18-26(32)33/h2-10,13-16H,17-18H2,1H3,(H,32,33). The van der Waals surface area contributed by atoms with Crippen molar-refractivity contribution in [3.63, 3.8) is 0 Å². The Balaban J connectivity index is 1.70. The van der Waals surface area contributed by atoms with E-state index >= 15 is 0 Å². The molecule has 172 valence electrons. The number of carboxylic acids is 1. The summed E-state index contributed by atoms with van der Waals surface area (Å²) in [6, 6.07) is 22.4. The molecule has 0 bridgehead atoms. The molecule has 0 aliphatic carbocycles. The summed E-state index contributed by atoms with van der Waals surface area (Å²) in [5, 5.41) is 10.6. The van der Waals surface area contributed by atoms with Crippen LogP contribution in [0.1, 0.15) is 16.7 Å². The van der Waals surface area contributed by atoms with Gasteiger partial charge >= 0.3 is 11.7 Å². The van der Waals surface area contributed by atoms with Crippen molar-refractivity contribution in [1.29, 1.82) is 0 Å². The Kier molecular flexibility index (Phi) is 5.55. The van der Waals surface area contributed by atoms with Crippen molar-refractivity contribution in [1.82, 2.24) is 13.7 Å². The lowest BCUT2D eigenvalue weighted by Crippen LogP contribution is -2.41. The first-order chi connectivity index (χ1) is 16.9. The number of fused-ring (bicyclic) bond motifs is 2. The molecule has 0 atom stereocenters. The van der Waals surface area contributed by atoms with Crippen LogP contribution in [0.25, 0.3) is 21.8 Å². The highest BCUT2D eigenvalue weighted by atomic mass is 16.4. The molecule has 0 spiro atoms. The Labute approximate surface area is 200 Å². The number of carboxylic acid groups (broad SMARTS) is 1. The van der Waals surface area contributed by atoms with E-state index in [0.717, 1.165) is 26.6 Å². The lowest BCUT2D eigenvalue weighted by molar-refractivity contribution is -0.137. The number of carbonyl (C=O) groups is 1. The maximum atomic E-state index is 13.3. The fourth-order valence-corrected chi connectivity index (χ4v) is 4.32. The number of aryl methyl sites for hydroxylation is 1. The second-order valence-electron chi connectivity index (χ2n) is 8.28. The summed E-state index contributed by atoms with van der Waals surface area (Å²) in [4.78, 5) is 37.9. The Morgan fingerprint density at radius 1 is 0.829 bits per heavy atom. The third kappa shape index (κ3) is 4.13. The fourth-order valence-electron chi connectivity index (χ4n) is 4.32. The van der Waals surface area contributed by atoms with Crippen molar-refractivity contribution < 1.29 is 9.90 Å². The molecular weight excluding hydrogens is 442 g/mol. The van der Waals surface area contributed by atoms with Gasteiger partial charge in [0.05, 0.1) is 17.4 Å². The summed E-state index contributed by atoms with van der Waals surface area (Å²) >= 11 is 0. The zero-order valence-corrected chi connectivity index (χ0v) is 18.9. The summed E-state index contributed by atoms with van der Waals surface area (Å²) < 4.78 is 4.20. The number of para-hydroxylation sites is 1. The van der Waals surface area contributed by atoms with Gasteiger partial charge in [0.15, 0.2) is 0 Å². The van der Waals surface area contributed by atoms with Gasteiger partial charge in [-0.15, -0.1) is 0 Å². The maximum Gasteiger partial charge on any atom is 0.332 e. The summed E-state index contributed by atoms with van der Waals surface area (Å²) in [7, 11) is 1.93. The molecule has 35 heavy (non-hydrogen) atoms. The predicted molar refractivity (Wildman–Crippen MR) is 135 cm³/mol. The number of aliphatic carboxylic acids is 1. The van der Waals surface area contributed by atoms with E-state index in [1.165, 1.54) is 4.57 Å². The number of hydrogen-bond acceptors (Lipinski definition) is 3. The van der Waals surface area contributed by atoms with Crippen LogP contribution in [0, 0.1) is 11.8 Å².